The number of hydrazine groups is 1. The normalized spacial score (nSPS) is 13.0. The molecule has 0 saturated carbocycles. The minimum absolute atomic E-state index is 0.247. The highest BCUT2D eigenvalue weighted by atomic mass is 15.3. The maximum absolute atomic E-state index is 5.55. The van der Waals surface area contributed by atoms with Crippen molar-refractivity contribution in [2.75, 3.05) is 0 Å². The predicted octanol–water partition coefficient (Wildman–Crippen LogP) is 1.99. The minimum atomic E-state index is 0.247. The number of unbranched alkanes of at least 4 members (excludes halogenated alkanes) is 2. The van der Waals surface area contributed by atoms with Crippen molar-refractivity contribution in [3.63, 3.8) is 0 Å². The van der Waals surface area contributed by atoms with Crippen molar-refractivity contribution < 1.29 is 0 Å². The van der Waals surface area contributed by atoms with E-state index >= 15 is 0 Å². The molecule has 0 bridgehead atoms. The van der Waals surface area contributed by atoms with Crippen molar-refractivity contribution in [2.45, 2.75) is 52.1 Å². The molecule has 0 spiro atoms. The van der Waals surface area contributed by atoms with Crippen molar-refractivity contribution in [1.82, 2.24) is 15.2 Å². The van der Waals surface area contributed by atoms with Gasteiger partial charge < -0.3 is 0 Å². The number of nitrogens with two attached hydrogens (primary N) is 1. The molecule has 86 valence electrons. The Kier molecular flexibility index (Phi) is 5.36. The summed E-state index contributed by atoms with van der Waals surface area (Å²) in [5, 5.41) is 4.25. The number of nitrogens with one attached hydrogen (secondary N) is 1. The van der Waals surface area contributed by atoms with Gasteiger partial charge in [0.1, 0.15) is 0 Å². The van der Waals surface area contributed by atoms with Crippen LogP contribution < -0.4 is 11.3 Å². The molecule has 4 heteroatoms. The van der Waals surface area contributed by atoms with E-state index in [2.05, 4.69) is 30.6 Å². The van der Waals surface area contributed by atoms with Crippen LogP contribution in [0.5, 0.6) is 0 Å². The number of rotatable bonds is 7. The van der Waals surface area contributed by atoms with E-state index in [1.807, 2.05) is 10.9 Å². The summed E-state index contributed by atoms with van der Waals surface area (Å²) in [5.74, 6) is 5.55. The van der Waals surface area contributed by atoms with Crippen LogP contribution in [0.3, 0.4) is 0 Å². The van der Waals surface area contributed by atoms with Gasteiger partial charge in [0, 0.05) is 24.3 Å². The molecule has 15 heavy (non-hydrogen) atoms. The Morgan fingerprint density at radius 2 is 2.27 bits per heavy atom. The first-order valence-electron chi connectivity index (χ1n) is 5.80. The lowest BCUT2D eigenvalue weighted by atomic mass is 10.0. The van der Waals surface area contributed by atoms with Crippen LogP contribution in [-0.4, -0.2) is 9.78 Å². The van der Waals surface area contributed by atoms with Gasteiger partial charge >= 0.3 is 0 Å². The summed E-state index contributed by atoms with van der Waals surface area (Å²) < 4.78 is 1.93. The Balaban J connectivity index is 2.49. The van der Waals surface area contributed by atoms with Gasteiger partial charge in [-0.2, -0.15) is 5.10 Å². The van der Waals surface area contributed by atoms with Crippen LogP contribution in [0, 0.1) is 0 Å². The second-order valence-electron chi connectivity index (χ2n) is 3.84. The second kappa shape index (κ2) is 6.58. The zero-order valence-electron chi connectivity index (χ0n) is 9.74. The van der Waals surface area contributed by atoms with Crippen LogP contribution in [0.1, 0.15) is 51.1 Å². The first-order valence-corrected chi connectivity index (χ1v) is 5.80. The van der Waals surface area contributed by atoms with E-state index < -0.39 is 0 Å². The van der Waals surface area contributed by atoms with Gasteiger partial charge in [0.25, 0.3) is 0 Å². The van der Waals surface area contributed by atoms with Crippen molar-refractivity contribution in [3.8, 4) is 0 Å². The average molecular weight is 210 g/mol. The lowest BCUT2D eigenvalue weighted by molar-refractivity contribution is 0.486. The van der Waals surface area contributed by atoms with Crippen molar-refractivity contribution >= 4 is 0 Å². The van der Waals surface area contributed by atoms with Gasteiger partial charge in [0.05, 0.1) is 6.20 Å². The number of nitrogens with zero attached hydrogens (tertiary/aromatic N) is 2. The first kappa shape index (κ1) is 12.2. The lowest BCUT2D eigenvalue weighted by Gasteiger charge is -2.13. The van der Waals surface area contributed by atoms with Crippen LogP contribution in [0.25, 0.3) is 0 Å². The van der Waals surface area contributed by atoms with E-state index in [0.29, 0.717) is 0 Å². The van der Waals surface area contributed by atoms with Crippen LogP contribution in [0.2, 0.25) is 0 Å². The molecule has 1 atom stereocenters. The fourth-order valence-electron chi connectivity index (χ4n) is 1.68. The number of hydrogen-bond donors (Lipinski definition) is 2. The van der Waals surface area contributed by atoms with E-state index in [1.165, 1.54) is 24.8 Å². The summed E-state index contributed by atoms with van der Waals surface area (Å²) in [6.45, 7) is 5.20. The molecule has 1 rings (SSSR count). The average Bonchev–Trinajstić information content (AvgIpc) is 2.73. The zero-order chi connectivity index (χ0) is 11.1. The Bertz CT molecular complexity index is 269. The van der Waals surface area contributed by atoms with Gasteiger partial charge in [0.15, 0.2) is 0 Å². The maximum atomic E-state index is 5.55. The Morgan fingerprint density at radius 3 is 2.80 bits per heavy atom. The Labute approximate surface area is 91.8 Å². The number of hydrogen-bond acceptors (Lipinski definition) is 3. The molecule has 0 aromatic carbocycles. The fraction of sp³-hybridized carbons (Fsp3) is 0.727. The molecule has 0 amide bonds. The predicted molar refractivity (Wildman–Crippen MR) is 62.1 cm³/mol. The van der Waals surface area contributed by atoms with Gasteiger partial charge in [0.2, 0.25) is 0 Å². The van der Waals surface area contributed by atoms with Crippen molar-refractivity contribution in [2.24, 2.45) is 5.84 Å². The van der Waals surface area contributed by atoms with Gasteiger partial charge in [-0.25, -0.2) is 0 Å². The van der Waals surface area contributed by atoms with E-state index in [-0.39, 0.29) is 6.04 Å². The smallest absolute Gasteiger partial charge is 0.0538 e. The molecule has 0 aliphatic heterocycles. The molecule has 0 saturated heterocycles. The van der Waals surface area contributed by atoms with Gasteiger partial charge in [-0.15, -0.1) is 0 Å². The van der Waals surface area contributed by atoms with Gasteiger partial charge in [-0.1, -0.05) is 26.2 Å². The summed E-state index contributed by atoms with van der Waals surface area (Å²) in [7, 11) is 0. The third-order valence-electron chi connectivity index (χ3n) is 2.68. The highest BCUT2D eigenvalue weighted by molar-refractivity contribution is 5.09. The summed E-state index contributed by atoms with van der Waals surface area (Å²) in [6.07, 6.45) is 8.77. The Hall–Kier alpha value is -0.870. The summed E-state index contributed by atoms with van der Waals surface area (Å²) in [5.41, 5.74) is 4.05. The molecule has 3 N–H and O–H groups in total. The van der Waals surface area contributed by atoms with Crippen molar-refractivity contribution in [1.29, 1.82) is 0 Å². The third kappa shape index (κ3) is 3.64. The number of aromatic nitrogens is 2. The largest absolute Gasteiger partial charge is 0.273 e. The van der Waals surface area contributed by atoms with Gasteiger partial charge in [-0.05, 0) is 13.3 Å². The standard InChI is InChI=1S/C11H22N4/c1-3-5-6-7-11(14-12)10-8-13-15(4-2)9-10/h8-9,11,14H,3-7,12H2,1-2H3. The molecule has 1 heterocycles. The van der Waals surface area contributed by atoms with E-state index in [4.69, 9.17) is 5.84 Å². The van der Waals surface area contributed by atoms with E-state index in [1.54, 1.807) is 0 Å². The second-order valence-corrected chi connectivity index (χ2v) is 3.84. The van der Waals surface area contributed by atoms with Crippen LogP contribution in [0.4, 0.5) is 0 Å². The summed E-state index contributed by atoms with van der Waals surface area (Å²) >= 11 is 0. The molecule has 1 aromatic rings. The quantitative estimate of drug-likeness (QED) is 0.411. The summed E-state index contributed by atoms with van der Waals surface area (Å²) in [4.78, 5) is 0. The van der Waals surface area contributed by atoms with E-state index in [0.717, 1.165) is 13.0 Å². The number of aryl methyl sites for hydroxylation is 1. The molecular formula is C11H22N4. The highest BCUT2D eigenvalue weighted by Crippen LogP contribution is 2.18. The lowest BCUT2D eigenvalue weighted by Crippen LogP contribution is -2.27. The zero-order valence-corrected chi connectivity index (χ0v) is 9.74. The summed E-state index contributed by atoms with van der Waals surface area (Å²) in [6, 6.07) is 0.247. The first-order chi connectivity index (χ1) is 7.31. The monoisotopic (exact) mass is 210 g/mol. The highest BCUT2D eigenvalue weighted by Gasteiger charge is 2.10. The topological polar surface area (TPSA) is 55.9 Å². The van der Waals surface area contributed by atoms with Crippen LogP contribution in [-0.2, 0) is 6.54 Å². The van der Waals surface area contributed by atoms with Crippen molar-refractivity contribution in [3.05, 3.63) is 18.0 Å². The Morgan fingerprint density at radius 1 is 1.47 bits per heavy atom. The SMILES string of the molecule is CCCCCC(NN)c1cnn(CC)c1. The van der Waals surface area contributed by atoms with Gasteiger partial charge in [-0.3, -0.25) is 16.0 Å². The minimum Gasteiger partial charge on any atom is -0.273 e. The molecule has 0 radical (unpaired) electrons. The molecule has 0 fully saturated rings. The molecule has 1 aromatic heterocycles. The fourth-order valence-corrected chi connectivity index (χ4v) is 1.68. The molecule has 4 nitrogen and oxygen atoms in total. The molecule has 0 aliphatic carbocycles. The molecular weight excluding hydrogens is 188 g/mol. The molecule has 0 aliphatic rings. The van der Waals surface area contributed by atoms with E-state index in [9.17, 15) is 0 Å². The van der Waals surface area contributed by atoms with Crippen LogP contribution in [0.15, 0.2) is 12.4 Å². The maximum Gasteiger partial charge on any atom is 0.0538 e. The molecule has 1 unspecified atom stereocenters. The van der Waals surface area contributed by atoms with Crippen LogP contribution >= 0.6 is 0 Å². The third-order valence-corrected chi connectivity index (χ3v) is 2.68.